The van der Waals surface area contributed by atoms with Gasteiger partial charge in [-0.15, -0.1) is 0 Å². The van der Waals surface area contributed by atoms with Crippen molar-refractivity contribution in [1.82, 2.24) is 10.2 Å². The van der Waals surface area contributed by atoms with Crippen LogP contribution in [-0.2, 0) is 26.2 Å². The Labute approximate surface area is 247 Å². The van der Waals surface area contributed by atoms with Gasteiger partial charge in [-0.3, -0.25) is 13.9 Å². The molecule has 3 aromatic rings. The minimum Gasteiger partial charge on any atom is -0.352 e. The van der Waals surface area contributed by atoms with Crippen LogP contribution in [0.2, 0.25) is 10.0 Å². The number of benzene rings is 3. The van der Waals surface area contributed by atoms with Crippen LogP contribution >= 0.6 is 23.2 Å². The van der Waals surface area contributed by atoms with E-state index in [-0.39, 0.29) is 23.4 Å². The number of halogens is 2. The highest BCUT2D eigenvalue weighted by atomic mass is 35.5. The standard InChI is InChI=1S/C30H35Cl2N3O4S/c1-6-22(4)33-30(37)23(5)34(18-24-9-7-8-10-27(24)32)29(36)19-35(28-16-13-25(31)17-21(28)3)40(38,39)26-14-11-20(2)12-15-26/h7-17,22-23H,6,18-19H2,1-5H3,(H,33,37)/t22-,23+/m0/s1. The van der Waals surface area contributed by atoms with Gasteiger partial charge in [-0.05, 0) is 81.6 Å². The van der Waals surface area contributed by atoms with Crippen LogP contribution in [0.15, 0.2) is 71.6 Å². The van der Waals surface area contributed by atoms with Crippen molar-refractivity contribution in [2.45, 2.75) is 64.6 Å². The maximum atomic E-state index is 14.0. The molecule has 0 unspecified atom stereocenters. The summed E-state index contributed by atoms with van der Waals surface area (Å²) in [6.45, 7) is 8.52. The molecule has 3 aromatic carbocycles. The second-order valence-corrected chi connectivity index (χ2v) is 12.6. The maximum absolute atomic E-state index is 14.0. The van der Waals surface area contributed by atoms with Gasteiger partial charge in [0.25, 0.3) is 10.0 Å². The Morgan fingerprint density at radius 2 is 1.60 bits per heavy atom. The first-order valence-corrected chi connectivity index (χ1v) is 15.2. The third-order valence-corrected chi connectivity index (χ3v) is 9.16. The molecule has 0 bridgehead atoms. The van der Waals surface area contributed by atoms with Crippen LogP contribution in [0.1, 0.15) is 43.9 Å². The lowest BCUT2D eigenvalue weighted by molar-refractivity contribution is -0.139. The summed E-state index contributed by atoms with van der Waals surface area (Å²) in [6, 6.07) is 17.3. The Morgan fingerprint density at radius 3 is 2.20 bits per heavy atom. The third-order valence-electron chi connectivity index (χ3n) is 6.78. The summed E-state index contributed by atoms with van der Waals surface area (Å²) in [7, 11) is -4.17. The van der Waals surface area contributed by atoms with Crippen LogP contribution in [0.5, 0.6) is 0 Å². The summed E-state index contributed by atoms with van der Waals surface area (Å²) in [6.07, 6.45) is 0.718. The molecular formula is C30H35Cl2N3O4S. The summed E-state index contributed by atoms with van der Waals surface area (Å²) in [4.78, 5) is 28.6. The average molecular weight is 605 g/mol. The van der Waals surface area contributed by atoms with Gasteiger partial charge in [0.1, 0.15) is 12.6 Å². The van der Waals surface area contributed by atoms with Gasteiger partial charge in [-0.25, -0.2) is 8.42 Å². The van der Waals surface area contributed by atoms with Crippen LogP contribution in [0.3, 0.4) is 0 Å². The molecule has 40 heavy (non-hydrogen) atoms. The highest BCUT2D eigenvalue weighted by Crippen LogP contribution is 2.30. The fraction of sp³-hybridized carbons (Fsp3) is 0.333. The fourth-order valence-corrected chi connectivity index (χ4v) is 6.01. The molecule has 3 rings (SSSR count). The molecule has 0 spiro atoms. The fourth-order valence-electron chi connectivity index (χ4n) is 4.11. The summed E-state index contributed by atoms with van der Waals surface area (Å²) >= 11 is 12.6. The predicted octanol–water partition coefficient (Wildman–Crippen LogP) is 6.14. The number of amides is 2. The van der Waals surface area contributed by atoms with E-state index in [4.69, 9.17) is 23.2 Å². The lowest BCUT2D eigenvalue weighted by Crippen LogP contribution is -2.52. The first-order valence-electron chi connectivity index (χ1n) is 13.0. The molecule has 0 fully saturated rings. The molecule has 2 amide bonds. The normalized spacial score (nSPS) is 12.9. The van der Waals surface area contributed by atoms with E-state index in [1.165, 1.54) is 17.0 Å². The number of sulfonamides is 1. The van der Waals surface area contributed by atoms with Gasteiger partial charge in [0.2, 0.25) is 11.8 Å². The van der Waals surface area contributed by atoms with Gasteiger partial charge in [0.15, 0.2) is 0 Å². The molecule has 0 aliphatic rings. The minimum absolute atomic E-state index is 0.0195. The van der Waals surface area contributed by atoms with Gasteiger partial charge in [0, 0.05) is 22.6 Å². The topological polar surface area (TPSA) is 86.8 Å². The number of hydrogen-bond acceptors (Lipinski definition) is 4. The molecule has 2 atom stereocenters. The maximum Gasteiger partial charge on any atom is 0.264 e. The largest absolute Gasteiger partial charge is 0.352 e. The second kappa shape index (κ2) is 13.5. The van der Waals surface area contributed by atoms with E-state index in [0.717, 1.165) is 16.3 Å². The molecule has 0 aliphatic carbocycles. The van der Waals surface area contributed by atoms with Crippen molar-refractivity contribution in [2.75, 3.05) is 10.8 Å². The van der Waals surface area contributed by atoms with Crippen molar-refractivity contribution in [2.24, 2.45) is 0 Å². The van der Waals surface area contributed by atoms with Gasteiger partial charge < -0.3 is 10.2 Å². The first-order chi connectivity index (χ1) is 18.8. The summed E-state index contributed by atoms with van der Waals surface area (Å²) < 4.78 is 29.0. The van der Waals surface area contributed by atoms with Gasteiger partial charge >= 0.3 is 0 Å². The van der Waals surface area contributed by atoms with Gasteiger partial charge in [0.05, 0.1) is 10.6 Å². The number of anilines is 1. The number of aryl methyl sites for hydroxylation is 2. The van der Waals surface area contributed by atoms with E-state index >= 15 is 0 Å². The zero-order chi connectivity index (χ0) is 29.6. The zero-order valence-electron chi connectivity index (χ0n) is 23.3. The Balaban J connectivity index is 2.07. The summed E-state index contributed by atoms with van der Waals surface area (Å²) in [5.74, 6) is -0.901. The molecule has 0 saturated heterocycles. The molecular weight excluding hydrogens is 569 g/mol. The molecule has 0 aromatic heterocycles. The molecule has 7 nitrogen and oxygen atoms in total. The number of rotatable bonds is 11. The number of nitrogens with one attached hydrogen (secondary N) is 1. The van der Waals surface area contributed by atoms with Crippen LogP contribution in [0.25, 0.3) is 0 Å². The van der Waals surface area contributed by atoms with Crippen molar-refractivity contribution < 1.29 is 18.0 Å². The highest BCUT2D eigenvalue weighted by Gasteiger charge is 2.33. The summed E-state index contributed by atoms with van der Waals surface area (Å²) in [5, 5.41) is 3.79. The van der Waals surface area contributed by atoms with Crippen molar-refractivity contribution in [3.63, 3.8) is 0 Å². The van der Waals surface area contributed by atoms with Crippen molar-refractivity contribution in [3.05, 3.63) is 93.5 Å². The van der Waals surface area contributed by atoms with Crippen molar-refractivity contribution in [3.8, 4) is 0 Å². The molecule has 0 aliphatic heterocycles. The molecule has 0 radical (unpaired) electrons. The Bertz CT molecular complexity index is 1460. The molecule has 10 heteroatoms. The van der Waals surface area contributed by atoms with E-state index in [9.17, 15) is 18.0 Å². The molecule has 214 valence electrons. The van der Waals surface area contributed by atoms with Crippen LogP contribution in [-0.4, -0.2) is 43.8 Å². The Kier molecular flexibility index (Phi) is 10.6. The zero-order valence-corrected chi connectivity index (χ0v) is 25.6. The van der Waals surface area contributed by atoms with Crippen molar-refractivity contribution >= 4 is 50.7 Å². The van der Waals surface area contributed by atoms with Gasteiger partial charge in [-0.1, -0.05) is 66.0 Å². The van der Waals surface area contributed by atoms with Crippen LogP contribution < -0.4 is 9.62 Å². The Morgan fingerprint density at radius 1 is 0.950 bits per heavy atom. The average Bonchev–Trinajstić information content (AvgIpc) is 2.91. The van der Waals surface area contributed by atoms with Gasteiger partial charge in [-0.2, -0.15) is 0 Å². The van der Waals surface area contributed by atoms with Crippen LogP contribution in [0.4, 0.5) is 5.69 Å². The quantitative estimate of drug-likeness (QED) is 0.285. The van der Waals surface area contributed by atoms with E-state index in [0.29, 0.717) is 26.9 Å². The van der Waals surface area contributed by atoms with E-state index < -0.39 is 28.5 Å². The number of nitrogens with zero attached hydrogens (tertiary/aromatic N) is 2. The minimum atomic E-state index is -4.17. The Hall–Kier alpha value is -3.07. The second-order valence-electron chi connectivity index (χ2n) is 9.86. The van der Waals surface area contributed by atoms with Crippen molar-refractivity contribution in [1.29, 1.82) is 0 Å². The third kappa shape index (κ3) is 7.56. The number of carbonyl (C=O) groups is 2. The number of hydrogen-bond donors (Lipinski definition) is 1. The summed E-state index contributed by atoms with van der Waals surface area (Å²) in [5.41, 5.74) is 2.43. The number of carbonyl (C=O) groups excluding carboxylic acids is 2. The first kappa shape index (κ1) is 31.5. The van der Waals surface area contributed by atoms with Crippen LogP contribution in [0, 0.1) is 13.8 Å². The van der Waals surface area contributed by atoms with E-state index in [1.807, 2.05) is 20.8 Å². The van der Waals surface area contributed by atoms with E-state index in [1.54, 1.807) is 68.4 Å². The molecule has 0 heterocycles. The highest BCUT2D eigenvalue weighted by molar-refractivity contribution is 7.92. The smallest absolute Gasteiger partial charge is 0.264 e. The van der Waals surface area contributed by atoms with E-state index in [2.05, 4.69) is 5.32 Å². The monoisotopic (exact) mass is 603 g/mol. The lowest BCUT2D eigenvalue weighted by Gasteiger charge is -2.33. The lowest BCUT2D eigenvalue weighted by atomic mass is 10.1. The molecule has 0 saturated carbocycles. The molecule has 1 N–H and O–H groups in total. The SMILES string of the molecule is CC[C@H](C)NC(=O)[C@@H](C)N(Cc1ccccc1Cl)C(=O)CN(c1ccc(Cl)cc1C)S(=O)(=O)c1ccc(C)cc1. The predicted molar refractivity (Wildman–Crippen MR) is 161 cm³/mol.